The highest BCUT2D eigenvalue weighted by molar-refractivity contribution is 5.90. The lowest BCUT2D eigenvalue weighted by atomic mass is 10.0. The molecule has 0 amide bonds. The number of piperidine rings is 1. The van der Waals surface area contributed by atoms with Gasteiger partial charge in [0.25, 0.3) is 0 Å². The van der Waals surface area contributed by atoms with E-state index in [2.05, 4.69) is 4.90 Å². The summed E-state index contributed by atoms with van der Waals surface area (Å²) in [5.41, 5.74) is 1.62. The topological polar surface area (TPSA) is 49.8 Å². The summed E-state index contributed by atoms with van der Waals surface area (Å²) in [6, 6.07) is 7.52. The molecule has 98 valence electrons. The summed E-state index contributed by atoms with van der Waals surface area (Å²) in [4.78, 5) is 13.9. The average Bonchev–Trinajstić information content (AvgIpc) is 2.41. The van der Waals surface area contributed by atoms with Crippen LogP contribution in [-0.2, 0) is 11.3 Å². The standard InChI is InChI=1S/C14H19NO3/c1-18-14(17)13-5-3-2-4-11(13)10-15-8-6-12(16)7-9-15/h2-5,12,16H,6-10H2,1H3. The fourth-order valence-corrected chi connectivity index (χ4v) is 2.29. The first-order chi connectivity index (χ1) is 8.70. The molecule has 0 spiro atoms. The van der Waals surface area contributed by atoms with Crippen molar-refractivity contribution in [2.45, 2.75) is 25.5 Å². The molecule has 1 saturated heterocycles. The summed E-state index contributed by atoms with van der Waals surface area (Å²) in [5.74, 6) is -0.289. The molecule has 4 heteroatoms. The van der Waals surface area contributed by atoms with Crippen LogP contribution < -0.4 is 0 Å². The van der Waals surface area contributed by atoms with Gasteiger partial charge in [0.05, 0.1) is 18.8 Å². The number of carbonyl (C=O) groups is 1. The van der Waals surface area contributed by atoms with Gasteiger partial charge in [-0.2, -0.15) is 0 Å². The number of methoxy groups -OCH3 is 1. The van der Waals surface area contributed by atoms with Crippen LogP contribution in [0, 0.1) is 0 Å². The van der Waals surface area contributed by atoms with Crippen LogP contribution in [0.15, 0.2) is 24.3 Å². The Kier molecular flexibility index (Phi) is 4.33. The molecular weight excluding hydrogens is 230 g/mol. The highest BCUT2D eigenvalue weighted by atomic mass is 16.5. The number of esters is 1. The molecular formula is C14H19NO3. The van der Waals surface area contributed by atoms with Crippen LogP contribution in [0.3, 0.4) is 0 Å². The van der Waals surface area contributed by atoms with Crippen molar-refractivity contribution >= 4 is 5.97 Å². The van der Waals surface area contributed by atoms with E-state index in [9.17, 15) is 9.90 Å². The third kappa shape index (κ3) is 3.09. The molecule has 4 nitrogen and oxygen atoms in total. The summed E-state index contributed by atoms with van der Waals surface area (Å²) < 4.78 is 4.79. The van der Waals surface area contributed by atoms with Gasteiger partial charge in [-0.3, -0.25) is 4.90 Å². The van der Waals surface area contributed by atoms with Crippen molar-refractivity contribution in [1.29, 1.82) is 0 Å². The van der Waals surface area contributed by atoms with Crippen LogP contribution >= 0.6 is 0 Å². The minimum atomic E-state index is -0.289. The number of hydrogen-bond acceptors (Lipinski definition) is 4. The van der Waals surface area contributed by atoms with Gasteiger partial charge in [-0.1, -0.05) is 18.2 Å². The first-order valence-electron chi connectivity index (χ1n) is 6.27. The van der Waals surface area contributed by atoms with Gasteiger partial charge in [0, 0.05) is 19.6 Å². The van der Waals surface area contributed by atoms with E-state index in [1.165, 1.54) is 7.11 Å². The second-order valence-electron chi connectivity index (χ2n) is 4.66. The maximum Gasteiger partial charge on any atom is 0.338 e. The summed E-state index contributed by atoms with van der Waals surface area (Å²) in [5, 5.41) is 9.47. The zero-order valence-electron chi connectivity index (χ0n) is 10.6. The molecule has 0 aromatic heterocycles. The van der Waals surface area contributed by atoms with Crippen LogP contribution in [0.2, 0.25) is 0 Å². The molecule has 0 radical (unpaired) electrons. The highest BCUT2D eigenvalue weighted by Crippen LogP contribution is 2.17. The molecule has 1 aliphatic rings. The van der Waals surface area contributed by atoms with Crippen LogP contribution in [-0.4, -0.2) is 42.3 Å². The number of carbonyl (C=O) groups excluding carboxylic acids is 1. The Morgan fingerprint density at radius 3 is 2.72 bits per heavy atom. The van der Waals surface area contributed by atoms with Gasteiger partial charge in [-0.05, 0) is 24.5 Å². The second-order valence-corrected chi connectivity index (χ2v) is 4.66. The van der Waals surface area contributed by atoms with Crippen molar-refractivity contribution in [3.8, 4) is 0 Å². The molecule has 0 unspecified atom stereocenters. The fourth-order valence-electron chi connectivity index (χ4n) is 2.29. The Morgan fingerprint density at radius 2 is 2.06 bits per heavy atom. The minimum absolute atomic E-state index is 0.169. The highest BCUT2D eigenvalue weighted by Gasteiger charge is 2.19. The Morgan fingerprint density at radius 1 is 1.39 bits per heavy atom. The lowest BCUT2D eigenvalue weighted by molar-refractivity contribution is 0.0592. The Bertz CT molecular complexity index is 411. The van der Waals surface area contributed by atoms with Crippen molar-refractivity contribution in [2.75, 3.05) is 20.2 Å². The molecule has 1 N–H and O–H groups in total. The third-order valence-corrected chi connectivity index (χ3v) is 3.37. The second kappa shape index (κ2) is 5.98. The number of benzene rings is 1. The Hall–Kier alpha value is -1.39. The van der Waals surface area contributed by atoms with Crippen LogP contribution in [0.5, 0.6) is 0 Å². The zero-order chi connectivity index (χ0) is 13.0. The molecule has 0 atom stereocenters. The summed E-state index contributed by atoms with van der Waals surface area (Å²) in [6.07, 6.45) is 1.44. The number of nitrogens with zero attached hydrogens (tertiary/aromatic N) is 1. The maximum atomic E-state index is 11.6. The lowest BCUT2D eigenvalue weighted by Crippen LogP contribution is -2.35. The average molecular weight is 249 g/mol. The van der Waals surface area contributed by atoms with Crippen molar-refractivity contribution in [3.63, 3.8) is 0 Å². The quantitative estimate of drug-likeness (QED) is 0.823. The van der Waals surface area contributed by atoms with Crippen molar-refractivity contribution in [1.82, 2.24) is 4.90 Å². The summed E-state index contributed by atoms with van der Waals surface area (Å²) in [7, 11) is 1.40. The predicted molar refractivity (Wildman–Crippen MR) is 68.3 cm³/mol. The van der Waals surface area contributed by atoms with Crippen molar-refractivity contribution in [2.24, 2.45) is 0 Å². The molecule has 0 aliphatic carbocycles. The van der Waals surface area contributed by atoms with E-state index in [4.69, 9.17) is 4.74 Å². The number of aliphatic hydroxyl groups excluding tert-OH is 1. The van der Waals surface area contributed by atoms with Gasteiger partial charge in [0.2, 0.25) is 0 Å². The maximum absolute atomic E-state index is 11.6. The number of likely N-dealkylation sites (tertiary alicyclic amines) is 1. The molecule has 0 saturated carbocycles. The van der Waals surface area contributed by atoms with Gasteiger partial charge in [-0.25, -0.2) is 4.79 Å². The molecule has 2 rings (SSSR count). The third-order valence-electron chi connectivity index (χ3n) is 3.37. The molecule has 1 aliphatic heterocycles. The van der Waals surface area contributed by atoms with E-state index in [0.29, 0.717) is 5.56 Å². The molecule has 18 heavy (non-hydrogen) atoms. The normalized spacial score (nSPS) is 17.7. The van der Waals surface area contributed by atoms with E-state index in [-0.39, 0.29) is 12.1 Å². The molecule has 1 heterocycles. The molecule has 1 fully saturated rings. The van der Waals surface area contributed by atoms with Gasteiger partial charge in [-0.15, -0.1) is 0 Å². The zero-order valence-corrected chi connectivity index (χ0v) is 10.6. The number of rotatable bonds is 3. The molecule has 0 bridgehead atoms. The largest absolute Gasteiger partial charge is 0.465 e. The van der Waals surface area contributed by atoms with E-state index in [1.807, 2.05) is 18.2 Å². The SMILES string of the molecule is COC(=O)c1ccccc1CN1CCC(O)CC1. The fraction of sp³-hybridized carbons (Fsp3) is 0.500. The number of aliphatic hydroxyl groups is 1. The summed E-state index contributed by atoms with van der Waals surface area (Å²) >= 11 is 0. The van der Waals surface area contributed by atoms with Gasteiger partial charge < -0.3 is 9.84 Å². The molecule has 1 aromatic carbocycles. The van der Waals surface area contributed by atoms with Gasteiger partial charge in [0.1, 0.15) is 0 Å². The van der Waals surface area contributed by atoms with E-state index >= 15 is 0 Å². The van der Waals surface area contributed by atoms with Crippen molar-refractivity contribution < 1.29 is 14.6 Å². The van der Waals surface area contributed by atoms with E-state index in [1.54, 1.807) is 6.07 Å². The lowest BCUT2D eigenvalue weighted by Gasteiger charge is -2.29. The Labute approximate surface area is 107 Å². The predicted octanol–water partition coefficient (Wildman–Crippen LogP) is 1.43. The first kappa shape index (κ1) is 13.1. The summed E-state index contributed by atoms with van der Waals surface area (Å²) in [6.45, 7) is 2.48. The van der Waals surface area contributed by atoms with Gasteiger partial charge in [0.15, 0.2) is 0 Å². The smallest absolute Gasteiger partial charge is 0.338 e. The van der Waals surface area contributed by atoms with Crippen LogP contribution in [0.25, 0.3) is 0 Å². The number of ether oxygens (including phenoxy) is 1. The minimum Gasteiger partial charge on any atom is -0.465 e. The Balaban J connectivity index is 2.07. The van der Waals surface area contributed by atoms with Crippen LogP contribution in [0.1, 0.15) is 28.8 Å². The number of hydrogen-bond donors (Lipinski definition) is 1. The van der Waals surface area contributed by atoms with Crippen molar-refractivity contribution in [3.05, 3.63) is 35.4 Å². The first-order valence-corrected chi connectivity index (χ1v) is 6.27. The van der Waals surface area contributed by atoms with Gasteiger partial charge >= 0.3 is 5.97 Å². The van der Waals surface area contributed by atoms with E-state index in [0.717, 1.165) is 38.0 Å². The van der Waals surface area contributed by atoms with E-state index < -0.39 is 0 Å². The monoisotopic (exact) mass is 249 g/mol. The van der Waals surface area contributed by atoms with Crippen LogP contribution in [0.4, 0.5) is 0 Å². The molecule has 1 aromatic rings.